The number of sulfonamides is 1. The first-order valence-corrected chi connectivity index (χ1v) is 7.63. The zero-order chi connectivity index (χ0) is 15.6. The molecule has 0 radical (unpaired) electrons. The Morgan fingerprint density at radius 3 is 2.14 bits per heavy atom. The lowest BCUT2D eigenvalue weighted by atomic mass is 10.3. The van der Waals surface area contributed by atoms with Crippen molar-refractivity contribution < 1.29 is 17.2 Å². The Hall–Kier alpha value is -2.15. The molecule has 0 saturated carbocycles. The van der Waals surface area contributed by atoms with Gasteiger partial charge in [0.1, 0.15) is 16.5 Å². The molecule has 0 spiro atoms. The van der Waals surface area contributed by atoms with Gasteiger partial charge in [-0.3, -0.25) is 4.31 Å². The van der Waals surface area contributed by atoms with Gasteiger partial charge in [0.15, 0.2) is 0 Å². The van der Waals surface area contributed by atoms with Crippen LogP contribution >= 0.6 is 0 Å². The van der Waals surface area contributed by atoms with Gasteiger partial charge >= 0.3 is 0 Å². The molecule has 2 aromatic rings. The number of nitrogens with two attached hydrogens (primary N) is 1. The lowest BCUT2D eigenvalue weighted by Gasteiger charge is -2.23. The van der Waals surface area contributed by atoms with E-state index in [1.165, 1.54) is 24.3 Å². The summed E-state index contributed by atoms with van der Waals surface area (Å²) < 4.78 is 52.3. The molecule has 0 aromatic heterocycles. The fourth-order valence-corrected chi connectivity index (χ4v) is 3.55. The van der Waals surface area contributed by atoms with E-state index in [9.17, 15) is 17.2 Å². The Morgan fingerprint density at radius 2 is 1.62 bits per heavy atom. The fraction of sp³-hybridized carbons (Fsp3) is 0.143. The van der Waals surface area contributed by atoms with E-state index in [4.69, 9.17) is 5.73 Å². The maximum Gasteiger partial charge on any atom is 0.266 e. The molecule has 0 amide bonds. The lowest BCUT2D eigenvalue weighted by Crippen LogP contribution is -2.31. The van der Waals surface area contributed by atoms with Crippen molar-refractivity contribution in [3.63, 3.8) is 0 Å². The summed E-state index contributed by atoms with van der Waals surface area (Å²) in [4.78, 5) is -0.185. The second-order valence-electron chi connectivity index (χ2n) is 4.33. The van der Waals surface area contributed by atoms with Gasteiger partial charge in [0, 0.05) is 6.54 Å². The first kappa shape index (κ1) is 15.2. The molecule has 21 heavy (non-hydrogen) atoms. The van der Waals surface area contributed by atoms with Gasteiger partial charge in [-0.15, -0.1) is 0 Å². The molecular weight excluding hydrogens is 298 g/mol. The topological polar surface area (TPSA) is 63.4 Å². The summed E-state index contributed by atoms with van der Waals surface area (Å²) in [7, 11) is -3.95. The van der Waals surface area contributed by atoms with Crippen LogP contribution in [0.3, 0.4) is 0 Å². The van der Waals surface area contributed by atoms with Crippen LogP contribution in [-0.4, -0.2) is 15.0 Å². The molecule has 112 valence electrons. The molecule has 0 atom stereocenters. The molecule has 0 fully saturated rings. The fourth-order valence-electron chi connectivity index (χ4n) is 1.97. The van der Waals surface area contributed by atoms with Crippen LogP contribution in [0.15, 0.2) is 47.4 Å². The number of nitrogen functional groups attached to an aromatic ring is 1. The van der Waals surface area contributed by atoms with Crippen molar-refractivity contribution in [3.8, 4) is 0 Å². The largest absolute Gasteiger partial charge is 0.398 e. The monoisotopic (exact) mass is 312 g/mol. The summed E-state index contributed by atoms with van der Waals surface area (Å²) >= 11 is 0. The highest BCUT2D eigenvalue weighted by atomic mass is 32.2. The molecule has 0 aliphatic heterocycles. The Kier molecular flexibility index (Phi) is 4.13. The van der Waals surface area contributed by atoms with E-state index in [2.05, 4.69) is 0 Å². The summed E-state index contributed by atoms with van der Waals surface area (Å²) in [5.41, 5.74) is 5.73. The van der Waals surface area contributed by atoms with Crippen LogP contribution < -0.4 is 10.0 Å². The molecule has 0 saturated heterocycles. The molecule has 7 heteroatoms. The van der Waals surface area contributed by atoms with Crippen molar-refractivity contribution in [3.05, 3.63) is 54.1 Å². The van der Waals surface area contributed by atoms with Crippen LogP contribution in [0.4, 0.5) is 20.2 Å². The number of rotatable bonds is 4. The van der Waals surface area contributed by atoms with Crippen LogP contribution in [0, 0.1) is 11.6 Å². The van der Waals surface area contributed by atoms with E-state index in [0.29, 0.717) is 5.69 Å². The van der Waals surface area contributed by atoms with Crippen molar-refractivity contribution in [1.29, 1.82) is 0 Å². The molecule has 2 aromatic carbocycles. The molecule has 0 aliphatic carbocycles. The third-order valence-corrected chi connectivity index (χ3v) is 4.92. The van der Waals surface area contributed by atoms with Gasteiger partial charge in [-0.25, -0.2) is 17.2 Å². The summed E-state index contributed by atoms with van der Waals surface area (Å²) in [6, 6.07) is 8.15. The third-order valence-electron chi connectivity index (χ3n) is 2.94. The van der Waals surface area contributed by atoms with E-state index in [-0.39, 0.29) is 17.1 Å². The van der Waals surface area contributed by atoms with Crippen molar-refractivity contribution >= 4 is 21.4 Å². The van der Waals surface area contributed by atoms with E-state index in [1.54, 1.807) is 6.92 Å². The van der Waals surface area contributed by atoms with Crippen LogP contribution in [-0.2, 0) is 10.0 Å². The number of hydrogen-bond donors (Lipinski definition) is 1. The van der Waals surface area contributed by atoms with Crippen LogP contribution in [0.2, 0.25) is 0 Å². The lowest BCUT2D eigenvalue weighted by molar-refractivity contribution is 0.591. The number of nitrogens with zero attached hydrogens (tertiary/aromatic N) is 1. The van der Waals surface area contributed by atoms with Gasteiger partial charge < -0.3 is 5.73 Å². The van der Waals surface area contributed by atoms with E-state index in [0.717, 1.165) is 22.5 Å². The molecular formula is C14H14F2N2O2S. The second kappa shape index (κ2) is 5.69. The minimum absolute atomic E-state index is 0.130. The zero-order valence-electron chi connectivity index (χ0n) is 11.3. The van der Waals surface area contributed by atoms with E-state index in [1.807, 2.05) is 0 Å². The maximum absolute atomic E-state index is 13.1. The van der Waals surface area contributed by atoms with Crippen molar-refractivity contribution in [2.24, 2.45) is 0 Å². The van der Waals surface area contributed by atoms with Crippen molar-refractivity contribution in [1.82, 2.24) is 0 Å². The highest BCUT2D eigenvalue weighted by Crippen LogP contribution is 2.27. The normalized spacial score (nSPS) is 11.4. The van der Waals surface area contributed by atoms with E-state index < -0.39 is 21.7 Å². The maximum atomic E-state index is 13.1. The average Bonchev–Trinajstić information content (AvgIpc) is 2.41. The Bertz CT molecular complexity index is 746. The second-order valence-corrected chi connectivity index (χ2v) is 6.16. The number of halogens is 2. The summed E-state index contributed by atoms with van der Waals surface area (Å²) in [5.74, 6) is -1.08. The van der Waals surface area contributed by atoms with Gasteiger partial charge in [0.05, 0.1) is 11.4 Å². The number of benzene rings is 2. The summed E-state index contributed by atoms with van der Waals surface area (Å²) in [5, 5.41) is 0. The minimum Gasteiger partial charge on any atom is -0.398 e. The molecule has 2 N–H and O–H groups in total. The van der Waals surface area contributed by atoms with Gasteiger partial charge in [0.2, 0.25) is 0 Å². The highest BCUT2D eigenvalue weighted by molar-refractivity contribution is 7.93. The van der Waals surface area contributed by atoms with E-state index >= 15 is 0 Å². The van der Waals surface area contributed by atoms with Crippen LogP contribution in [0.5, 0.6) is 0 Å². The van der Waals surface area contributed by atoms with Crippen molar-refractivity contribution in [2.75, 3.05) is 16.6 Å². The standard InChI is InChI=1S/C14H14F2N2O2S/c1-2-18(12-6-3-10(15)4-7-12)21(19,20)14-8-5-11(16)9-13(14)17/h3-9H,2,17H2,1H3. The van der Waals surface area contributed by atoms with Crippen LogP contribution in [0.1, 0.15) is 6.92 Å². The quantitative estimate of drug-likeness (QED) is 0.883. The first-order chi connectivity index (χ1) is 9.86. The highest BCUT2D eigenvalue weighted by Gasteiger charge is 2.26. The Labute approximate surface area is 121 Å². The van der Waals surface area contributed by atoms with Gasteiger partial charge in [-0.2, -0.15) is 0 Å². The van der Waals surface area contributed by atoms with Crippen LogP contribution in [0.25, 0.3) is 0 Å². The van der Waals surface area contributed by atoms with Crippen molar-refractivity contribution in [2.45, 2.75) is 11.8 Å². The molecule has 0 bridgehead atoms. The summed E-state index contributed by atoms with van der Waals surface area (Å²) in [6.07, 6.45) is 0. The molecule has 0 heterocycles. The zero-order valence-corrected chi connectivity index (χ0v) is 12.1. The minimum atomic E-state index is -3.95. The van der Waals surface area contributed by atoms with Gasteiger partial charge in [-0.1, -0.05) is 0 Å². The Morgan fingerprint density at radius 1 is 1.05 bits per heavy atom. The molecule has 2 rings (SSSR count). The smallest absolute Gasteiger partial charge is 0.266 e. The molecule has 0 unspecified atom stereocenters. The number of anilines is 2. The Balaban J connectivity index is 2.51. The SMILES string of the molecule is CCN(c1ccc(F)cc1)S(=O)(=O)c1ccc(F)cc1N. The first-order valence-electron chi connectivity index (χ1n) is 6.19. The third kappa shape index (κ3) is 2.97. The summed E-state index contributed by atoms with van der Waals surface area (Å²) in [6.45, 7) is 1.77. The predicted octanol–water partition coefficient (Wildman–Crippen LogP) is 2.76. The molecule has 0 aliphatic rings. The average molecular weight is 312 g/mol. The number of hydrogen-bond acceptors (Lipinski definition) is 3. The molecule has 4 nitrogen and oxygen atoms in total. The van der Waals surface area contributed by atoms with Gasteiger partial charge in [0.25, 0.3) is 10.0 Å². The predicted molar refractivity (Wildman–Crippen MR) is 77.4 cm³/mol. The van der Waals surface area contributed by atoms with Gasteiger partial charge in [-0.05, 0) is 49.4 Å².